The maximum absolute atomic E-state index is 12.2. The first kappa shape index (κ1) is 15.4. The third-order valence-corrected chi connectivity index (χ3v) is 3.14. The first-order valence-electron chi connectivity index (χ1n) is 5.96. The van der Waals surface area contributed by atoms with Crippen LogP contribution in [0.1, 0.15) is 20.7 Å². The van der Waals surface area contributed by atoms with Crippen molar-refractivity contribution in [3.8, 4) is 0 Å². The van der Waals surface area contributed by atoms with E-state index in [1.807, 2.05) is 0 Å². The molecule has 0 aromatic heterocycles. The quantitative estimate of drug-likeness (QED) is 0.867. The second kappa shape index (κ2) is 6.61. The van der Waals surface area contributed by atoms with Crippen molar-refractivity contribution in [2.45, 2.75) is 0 Å². The van der Waals surface area contributed by atoms with Crippen LogP contribution in [0.5, 0.6) is 0 Å². The molecule has 108 valence electrons. The second-order valence-electron chi connectivity index (χ2n) is 4.15. The average molecular weight is 324 g/mol. The van der Waals surface area contributed by atoms with E-state index >= 15 is 0 Å². The number of anilines is 1. The van der Waals surface area contributed by atoms with Gasteiger partial charge in [0.25, 0.3) is 5.91 Å². The molecule has 0 unspecified atom stereocenters. The van der Waals surface area contributed by atoms with Crippen molar-refractivity contribution < 1.29 is 14.3 Å². The molecule has 1 amide bonds. The van der Waals surface area contributed by atoms with Crippen molar-refractivity contribution in [3.05, 3.63) is 63.6 Å². The molecule has 0 radical (unpaired) electrons. The maximum Gasteiger partial charge on any atom is 0.339 e. The van der Waals surface area contributed by atoms with Crippen molar-refractivity contribution in [2.75, 3.05) is 12.4 Å². The molecule has 21 heavy (non-hydrogen) atoms. The maximum atomic E-state index is 12.2. The minimum atomic E-state index is -0.532. The lowest BCUT2D eigenvalue weighted by molar-refractivity contribution is 0.0602. The highest BCUT2D eigenvalue weighted by molar-refractivity contribution is 6.35. The van der Waals surface area contributed by atoms with Gasteiger partial charge in [0, 0.05) is 15.6 Å². The first-order valence-corrected chi connectivity index (χ1v) is 6.71. The molecule has 2 aromatic carbocycles. The number of para-hydroxylation sites is 1. The van der Waals surface area contributed by atoms with Gasteiger partial charge in [0.1, 0.15) is 0 Å². The largest absolute Gasteiger partial charge is 0.465 e. The van der Waals surface area contributed by atoms with Crippen molar-refractivity contribution in [1.82, 2.24) is 0 Å². The van der Waals surface area contributed by atoms with Gasteiger partial charge in [-0.3, -0.25) is 4.79 Å². The topological polar surface area (TPSA) is 55.4 Å². The van der Waals surface area contributed by atoms with E-state index in [4.69, 9.17) is 23.2 Å². The summed E-state index contributed by atoms with van der Waals surface area (Å²) in [5, 5.41) is 3.35. The number of hydrogen-bond acceptors (Lipinski definition) is 3. The van der Waals surface area contributed by atoms with Crippen molar-refractivity contribution in [1.29, 1.82) is 0 Å². The Morgan fingerprint density at radius 1 is 1.05 bits per heavy atom. The normalized spacial score (nSPS) is 10.0. The van der Waals surface area contributed by atoms with Crippen LogP contribution in [0, 0.1) is 0 Å². The van der Waals surface area contributed by atoms with Crippen LogP contribution in [0.2, 0.25) is 10.0 Å². The molecule has 6 heteroatoms. The summed E-state index contributed by atoms with van der Waals surface area (Å²) >= 11 is 11.7. The van der Waals surface area contributed by atoms with Gasteiger partial charge in [-0.1, -0.05) is 35.3 Å². The van der Waals surface area contributed by atoms with Crippen molar-refractivity contribution in [3.63, 3.8) is 0 Å². The predicted molar refractivity (Wildman–Crippen MR) is 82.2 cm³/mol. The minimum absolute atomic E-state index is 0.265. The Balaban J connectivity index is 2.30. The molecule has 0 aliphatic rings. The van der Waals surface area contributed by atoms with E-state index < -0.39 is 11.9 Å². The fourth-order valence-corrected chi connectivity index (χ4v) is 2.29. The van der Waals surface area contributed by atoms with Crippen LogP contribution in [0.4, 0.5) is 5.69 Å². The third-order valence-electron chi connectivity index (χ3n) is 2.71. The lowest BCUT2D eigenvalue weighted by Gasteiger charge is -2.10. The molecule has 0 heterocycles. The van der Waals surface area contributed by atoms with E-state index in [0.717, 1.165) is 0 Å². The lowest BCUT2D eigenvalue weighted by Crippen LogP contribution is -2.15. The van der Waals surface area contributed by atoms with Crippen LogP contribution in [-0.4, -0.2) is 19.0 Å². The highest BCUT2D eigenvalue weighted by Gasteiger charge is 2.14. The van der Waals surface area contributed by atoms with Crippen molar-refractivity contribution >= 4 is 40.8 Å². The molecule has 2 rings (SSSR count). The summed E-state index contributed by atoms with van der Waals surface area (Å²) in [6.07, 6.45) is 0. The van der Waals surface area contributed by atoms with Crippen LogP contribution in [0.15, 0.2) is 42.5 Å². The molecule has 0 bridgehead atoms. The number of carbonyl (C=O) groups is 2. The summed E-state index contributed by atoms with van der Waals surface area (Å²) < 4.78 is 4.67. The minimum Gasteiger partial charge on any atom is -0.465 e. The van der Waals surface area contributed by atoms with Crippen LogP contribution >= 0.6 is 23.2 Å². The number of carbonyl (C=O) groups excluding carboxylic acids is 2. The lowest BCUT2D eigenvalue weighted by atomic mass is 10.1. The number of nitrogens with one attached hydrogen (secondary N) is 1. The van der Waals surface area contributed by atoms with Crippen LogP contribution in [-0.2, 0) is 4.74 Å². The van der Waals surface area contributed by atoms with Gasteiger partial charge in [0.05, 0.1) is 18.4 Å². The number of ether oxygens (including phenoxy) is 1. The van der Waals surface area contributed by atoms with Gasteiger partial charge in [-0.05, 0) is 30.3 Å². The molecular weight excluding hydrogens is 313 g/mol. The molecule has 0 aliphatic heterocycles. The fraction of sp³-hybridized carbons (Fsp3) is 0.0667. The Labute approximate surface area is 131 Å². The van der Waals surface area contributed by atoms with E-state index in [9.17, 15) is 9.59 Å². The van der Waals surface area contributed by atoms with Gasteiger partial charge in [-0.25, -0.2) is 4.79 Å². The molecule has 0 aliphatic carbocycles. The Bertz CT molecular complexity index is 681. The third kappa shape index (κ3) is 3.74. The van der Waals surface area contributed by atoms with Crippen LogP contribution in [0.25, 0.3) is 0 Å². The second-order valence-corrected chi connectivity index (χ2v) is 5.02. The zero-order valence-electron chi connectivity index (χ0n) is 11.0. The Morgan fingerprint density at radius 3 is 2.29 bits per heavy atom. The Kier molecular flexibility index (Phi) is 4.83. The monoisotopic (exact) mass is 323 g/mol. The Morgan fingerprint density at radius 2 is 1.67 bits per heavy atom. The van der Waals surface area contributed by atoms with E-state index in [1.54, 1.807) is 24.3 Å². The van der Waals surface area contributed by atoms with Crippen LogP contribution in [0.3, 0.4) is 0 Å². The smallest absolute Gasteiger partial charge is 0.339 e. The standard InChI is InChI=1S/C15H11Cl2NO3/c1-21-15(20)12-4-2-3-5-13(12)18-14(19)9-6-10(16)8-11(17)7-9/h2-8H,1H3,(H,18,19). The molecule has 0 saturated carbocycles. The summed E-state index contributed by atoms with van der Waals surface area (Å²) in [4.78, 5) is 23.8. The zero-order valence-corrected chi connectivity index (χ0v) is 12.5. The number of esters is 1. The average Bonchev–Trinajstić information content (AvgIpc) is 2.46. The number of rotatable bonds is 3. The molecule has 4 nitrogen and oxygen atoms in total. The molecule has 0 atom stereocenters. The molecule has 0 spiro atoms. The van der Waals surface area contributed by atoms with Gasteiger partial charge in [0.15, 0.2) is 0 Å². The summed E-state index contributed by atoms with van der Waals surface area (Å²) in [6.45, 7) is 0. The summed E-state index contributed by atoms with van der Waals surface area (Å²) in [5.41, 5.74) is 0.916. The highest BCUT2D eigenvalue weighted by atomic mass is 35.5. The van der Waals surface area contributed by atoms with E-state index in [0.29, 0.717) is 21.3 Å². The highest BCUT2D eigenvalue weighted by Crippen LogP contribution is 2.21. The zero-order chi connectivity index (χ0) is 15.4. The summed E-state index contributed by atoms with van der Waals surface area (Å²) in [7, 11) is 1.28. The van der Waals surface area contributed by atoms with E-state index in [-0.39, 0.29) is 5.56 Å². The van der Waals surface area contributed by atoms with Gasteiger partial charge in [-0.2, -0.15) is 0 Å². The SMILES string of the molecule is COC(=O)c1ccccc1NC(=O)c1cc(Cl)cc(Cl)c1. The van der Waals surface area contributed by atoms with E-state index in [2.05, 4.69) is 10.1 Å². The Hall–Kier alpha value is -2.04. The predicted octanol–water partition coefficient (Wildman–Crippen LogP) is 4.03. The summed E-state index contributed by atoms with van der Waals surface area (Å²) in [5.74, 6) is -0.953. The van der Waals surface area contributed by atoms with E-state index in [1.165, 1.54) is 25.3 Å². The number of halogens is 2. The molecule has 2 aromatic rings. The first-order chi connectivity index (χ1) is 10.0. The molecule has 0 saturated heterocycles. The van der Waals surface area contributed by atoms with Crippen LogP contribution < -0.4 is 5.32 Å². The van der Waals surface area contributed by atoms with Crippen molar-refractivity contribution in [2.24, 2.45) is 0 Å². The number of amides is 1. The number of methoxy groups -OCH3 is 1. The van der Waals surface area contributed by atoms with Gasteiger partial charge in [-0.15, -0.1) is 0 Å². The van der Waals surface area contributed by atoms with Gasteiger partial charge >= 0.3 is 5.97 Å². The number of hydrogen-bond donors (Lipinski definition) is 1. The molecule has 0 fully saturated rings. The molecule has 1 N–H and O–H groups in total. The van der Waals surface area contributed by atoms with Gasteiger partial charge < -0.3 is 10.1 Å². The fourth-order valence-electron chi connectivity index (χ4n) is 1.76. The number of benzene rings is 2. The van der Waals surface area contributed by atoms with Gasteiger partial charge in [0.2, 0.25) is 0 Å². The molecular formula is C15H11Cl2NO3. The summed E-state index contributed by atoms with van der Waals surface area (Å²) in [6, 6.07) is 11.1.